The number of hydrogen-bond acceptors (Lipinski definition) is 5. The first-order valence-electron chi connectivity index (χ1n) is 12.0. The molecule has 2 atom stereocenters. The van der Waals surface area contributed by atoms with E-state index in [4.69, 9.17) is 4.74 Å². The van der Waals surface area contributed by atoms with Gasteiger partial charge in [-0.2, -0.15) is 0 Å². The van der Waals surface area contributed by atoms with Gasteiger partial charge in [0.05, 0.1) is 0 Å². The maximum absolute atomic E-state index is 12.7. The van der Waals surface area contributed by atoms with Crippen molar-refractivity contribution in [1.82, 2.24) is 15.5 Å². The third kappa shape index (κ3) is 6.82. The molecule has 0 saturated carbocycles. The van der Waals surface area contributed by atoms with Gasteiger partial charge in [0.15, 0.2) is 0 Å². The smallest absolute Gasteiger partial charge is 0.407 e. The number of aliphatic carboxylic acids is 1. The largest absolute Gasteiger partial charge is 0.480 e. The number of benzene rings is 2. The monoisotopic (exact) mass is 481 g/mol. The van der Waals surface area contributed by atoms with Crippen molar-refractivity contribution in [2.24, 2.45) is 5.92 Å². The summed E-state index contributed by atoms with van der Waals surface area (Å²) in [5.41, 5.74) is 4.55. The molecule has 1 aliphatic carbocycles. The first-order valence-corrected chi connectivity index (χ1v) is 12.0. The number of fused-ring (bicyclic) bond motifs is 3. The maximum atomic E-state index is 12.7. The molecule has 2 aromatic rings. The van der Waals surface area contributed by atoms with Crippen molar-refractivity contribution in [2.45, 2.75) is 44.7 Å². The van der Waals surface area contributed by atoms with Crippen molar-refractivity contribution >= 4 is 18.0 Å². The summed E-state index contributed by atoms with van der Waals surface area (Å²) in [7, 11) is 3.68. The molecule has 1 aliphatic rings. The Morgan fingerprint density at radius 3 is 2.06 bits per heavy atom. The fourth-order valence-electron chi connectivity index (χ4n) is 4.34. The number of rotatable bonds is 11. The number of hydrogen-bond donors (Lipinski definition) is 3. The highest BCUT2D eigenvalue weighted by Gasteiger charge is 2.30. The summed E-state index contributed by atoms with van der Waals surface area (Å²) in [6.45, 7) is 4.50. The summed E-state index contributed by atoms with van der Waals surface area (Å²) < 4.78 is 5.60. The molecule has 0 bridgehead atoms. The number of nitrogens with one attached hydrogen (secondary N) is 2. The highest BCUT2D eigenvalue weighted by molar-refractivity contribution is 5.84. The van der Waals surface area contributed by atoms with Gasteiger partial charge in [-0.15, -0.1) is 0 Å². The second-order valence-corrected chi connectivity index (χ2v) is 9.57. The third-order valence-corrected chi connectivity index (χ3v) is 6.36. The van der Waals surface area contributed by atoms with E-state index in [9.17, 15) is 19.5 Å². The number of carbonyl (C=O) groups excluding carboxylic acids is 2. The molecule has 35 heavy (non-hydrogen) atoms. The van der Waals surface area contributed by atoms with E-state index in [1.807, 2.05) is 57.1 Å². The molecule has 8 heteroatoms. The highest BCUT2D eigenvalue weighted by atomic mass is 16.5. The van der Waals surface area contributed by atoms with E-state index >= 15 is 0 Å². The zero-order valence-corrected chi connectivity index (χ0v) is 20.8. The normalized spacial score (nSPS) is 14.2. The van der Waals surface area contributed by atoms with Crippen molar-refractivity contribution in [3.63, 3.8) is 0 Å². The molecule has 2 aromatic carbocycles. The minimum absolute atomic E-state index is 0.0341. The number of carboxylic acid groups (broad SMARTS) is 1. The molecule has 2 amide bonds. The standard InChI is InChI=1S/C27H35N3O5/c1-17(2)24(15-25(31)28-23(26(32)33)13-14-30(3)4)29-27(34)35-16-22-20-11-7-5-9-18(20)19-10-6-8-12-21(19)22/h5-12,17,22-24H,13-16H2,1-4H3,(H,28,31)(H,29,34)(H,32,33)/t23?,24-/m0/s1. The Morgan fingerprint density at radius 2 is 1.54 bits per heavy atom. The van der Waals surface area contributed by atoms with Crippen LogP contribution in [-0.4, -0.2) is 67.3 Å². The van der Waals surface area contributed by atoms with Crippen LogP contribution in [0, 0.1) is 5.92 Å². The van der Waals surface area contributed by atoms with E-state index in [1.165, 1.54) is 0 Å². The molecule has 0 aromatic heterocycles. The molecule has 0 heterocycles. The van der Waals surface area contributed by atoms with Crippen LogP contribution in [0.15, 0.2) is 48.5 Å². The lowest BCUT2D eigenvalue weighted by Gasteiger charge is -2.24. The van der Waals surface area contributed by atoms with Crippen LogP contribution < -0.4 is 10.6 Å². The Morgan fingerprint density at radius 1 is 0.971 bits per heavy atom. The highest BCUT2D eigenvalue weighted by Crippen LogP contribution is 2.44. The average molecular weight is 482 g/mol. The van der Waals surface area contributed by atoms with Crippen LogP contribution in [-0.2, 0) is 14.3 Å². The molecule has 188 valence electrons. The number of carbonyl (C=O) groups is 3. The second kappa shape index (κ2) is 11.8. The van der Waals surface area contributed by atoms with E-state index in [-0.39, 0.29) is 24.9 Å². The number of amides is 2. The molecule has 1 unspecified atom stereocenters. The zero-order valence-electron chi connectivity index (χ0n) is 20.8. The van der Waals surface area contributed by atoms with Gasteiger partial charge in [0.1, 0.15) is 12.6 Å². The van der Waals surface area contributed by atoms with E-state index < -0.39 is 30.1 Å². The quantitative estimate of drug-likeness (QED) is 0.454. The lowest BCUT2D eigenvalue weighted by atomic mass is 9.98. The topological polar surface area (TPSA) is 108 Å². The van der Waals surface area contributed by atoms with E-state index in [0.717, 1.165) is 22.3 Å². The third-order valence-electron chi connectivity index (χ3n) is 6.36. The van der Waals surface area contributed by atoms with Gasteiger partial charge in [0, 0.05) is 24.9 Å². The lowest BCUT2D eigenvalue weighted by molar-refractivity contribution is -0.142. The number of carboxylic acids is 1. The first kappa shape index (κ1) is 26.2. The summed E-state index contributed by atoms with van der Waals surface area (Å²) >= 11 is 0. The van der Waals surface area contributed by atoms with Gasteiger partial charge < -0.3 is 25.4 Å². The van der Waals surface area contributed by atoms with Gasteiger partial charge in [-0.05, 0) is 48.7 Å². The Bertz CT molecular complexity index is 1010. The molecular weight excluding hydrogens is 446 g/mol. The van der Waals surface area contributed by atoms with Gasteiger partial charge in [-0.1, -0.05) is 62.4 Å². The summed E-state index contributed by atoms with van der Waals surface area (Å²) in [4.78, 5) is 38.6. The Balaban J connectivity index is 1.58. The predicted octanol–water partition coefficient (Wildman–Crippen LogP) is 3.46. The van der Waals surface area contributed by atoms with E-state index in [1.54, 1.807) is 0 Å². The van der Waals surface area contributed by atoms with Gasteiger partial charge in [-0.3, -0.25) is 4.79 Å². The summed E-state index contributed by atoms with van der Waals surface area (Å²) in [6.07, 6.45) is -0.339. The van der Waals surface area contributed by atoms with E-state index in [0.29, 0.717) is 13.0 Å². The fraction of sp³-hybridized carbons (Fsp3) is 0.444. The Labute approximate surface area is 206 Å². The predicted molar refractivity (Wildman–Crippen MR) is 134 cm³/mol. The first-order chi connectivity index (χ1) is 16.7. The molecule has 0 spiro atoms. The molecular formula is C27H35N3O5. The average Bonchev–Trinajstić information content (AvgIpc) is 3.13. The van der Waals surface area contributed by atoms with Gasteiger partial charge in [-0.25, -0.2) is 9.59 Å². The van der Waals surface area contributed by atoms with Crippen LogP contribution in [0.2, 0.25) is 0 Å². The van der Waals surface area contributed by atoms with Crippen molar-refractivity contribution in [3.8, 4) is 11.1 Å². The Hall–Kier alpha value is -3.39. The molecule has 0 fully saturated rings. The van der Waals surface area contributed by atoms with Gasteiger partial charge in [0.2, 0.25) is 5.91 Å². The number of alkyl carbamates (subject to hydrolysis) is 1. The SMILES string of the molecule is CC(C)[C@H](CC(=O)NC(CCN(C)C)C(=O)O)NC(=O)OCC1c2ccccc2-c2ccccc21. The molecule has 0 radical (unpaired) electrons. The van der Waals surface area contributed by atoms with E-state index in [2.05, 4.69) is 34.9 Å². The minimum Gasteiger partial charge on any atom is -0.480 e. The van der Waals surface area contributed by atoms with Crippen molar-refractivity contribution in [2.75, 3.05) is 27.2 Å². The molecule has 3 rings (SSSR count). The van der Waals surface area contributed by atoms with Crippen LogP contribution in [0.5, 0.6) is 0 Å². The Kier molecular flexibility index (Phi) is 8.87. The molecule has 0 aliphatic heterocycles. The van der Waals surface area contributed by atoms with Gasteiger partial charge in [0.25, 0.3) is 0 Å². The minimum atomic E-state index is -1.08. The molecule has 0 saturated heterocycles. The fourth-order valence-corrected chi connectivity index (χ4v) is 4.34. The van der Waals surface area contributed by atoms with Crippen molar-refractivity contribution in [1.29, 1.82) is 0 Å². The van der Waals surface area contributed by atoms with Crippen LogP contribution >= 0.6 is 0 Å². The number of nitrogens with zero attached hydrogens (tertiary/aromatic N) is 1. The lowest BCUT2D eigenvalue weighted by Crippen LogP contribution is -2.47. The zero-order chi connectivity index (χ0) is 25.5. The van der Waals surface area contributed by atoms with Crippen molar-refractivity contribution in [3.05, 3.63) is 59.7 Å². The van der Waals surface area contributed by atoms with Crippen LogP contribution in [0.4, 0.5) is 4.79 Å². The maximum Gasteiger partial charge on any atom is 0.407 e. The van der Waals surface area contributed by atoms with Crippen LogP contribution in [0.3, 0.4) is 0 Å². The van der Waals surface area contributed by atoms with Gasteiger partial charge >= 0.3 is 12.1 Å². The number of ether oxygens (including phenoxy) is 1. The molecule has 3 N–H and O–H groups in total. The van der Waals surface area contributed by atoms with Crippen molar-refractivity contribution < 1.29 is 24.2 Å². The van der Waals surface area contributed by atoms with Crippen LogP contribution in [0.1, 0.15) is 43.7 Å². The summed E-state index contributed by atoms with van der Waals surface area (Å²) in [5.74, 6) is -1.60. The summed E-state index contributed by atoms with van der Waals surface area (Å²) in [6, 6.07) is 14.7. The second-order valence-electron chi connectivity index (χ2n) is 9.57. The molecule has 8 nitrogen and oxygen atoms in total. The van der Waals surface area contributed by atoms with Crippen LogP contribution in [0.25, 0.3) is 11.1 Å². The summed E-state index contributed by atoms with van der Waals surface area (Å²) in [5, 5.41) is 14.8.